The number of hydrogen-bond donors (Lipinski definition) is 0. The van der Waals surface area contributed by atoms with Gasteiger partial charge in [0.1, 0.15) is 0 Å². The molecule has 0 N–H and O–H groups in total. The van der Waals surface area contributed by atoms with Crippen LogP contribution in [0.2, 0.25) is 0 Å². The standard InChI is InChI=1S/C16H20S/c1-11(2)14-10-17-16(12(3)4)15(14)13-8-6-5-7-9-13/h5-12H,1-4H3. The first-order chi connectivity index (χ1) is 8.11. The highest BCUT2D eigenvalue weighted by atomic mass is 32.1. The van der Waals surface area contributed by atoms with Gasteiger partial charge in [-0.05, 0) is 33.9 Å². The van der Waals surface area contributed by atoms with Crippen LogP contribution < -0.4 is 0 Å². The number of rotatable bonds is 3. The molecule has 0 unspecified atom stereocenters. The summed E-state index contributed by atoms with van der Waals surface area (Å²) in [5.74, 6) is 1.19. The van der Waals surface area contributed by atoms with E-state index < -0.39 is 0 Å². The van der Waals surface area contributed by atoms with E-state index in [2.05, 4.69) is 63.4 Å². The molecule has 2 rings (SSSR count). The lowest BCUT2D eigenvalue weighted by molar-refractivity contribution is 0.859. The van der Waals surface area contributed by atoms with E-state index >= 15 is 0 Å². The van der Waals surface area contributed by atoms with Crippen molar-refractivity contribution >= 4 is 11.3 Å². The molecular weight excluding hydrogens is 224 g/mol. The van der Waals surface area contributed by atoms with Crippen molar-refractivity contribution in [2.24, 2.45) is 0 Å². The largest absolute Gasteiger partial charge is 0.148 e. The predicted molar refractivity (Wildman–Crippen MR) is 77.9 cm³/mol. The first-order valence-corrected chi connectivity index (χ1v) is 7.16. The van der Waals surface area contributed by atoms with E-state index in [-0.39, 0.29) is 0 Å². The van der Waals surface area contributed by atoms with Crippen LogP contribution in [0.4, 0.5) is 0 Å². The quantitative estimate of drug-likeness (QED) is 0.653. The van der Waals surface area contributed by atoms with Gasteiger partial charge < -0.3 is 0 Å². The monoisotopic (exact) mass is 244 g/mol. The Morgan fingerprint density at radius 2 is 1.53 bits per heavy atom. The van der Waals surface area contributed by atoms with E-state index in [0.717, 1.165) is 0 Å². The molecule has 1 aromatic heterocycles. The third-order valence-corrected chi connectivity index (χ3v) is 4.36. The van der Waals surface area contributed by atoms with Crippen molar-refractivity contribution in [2.75, 3.05) is 0 Å². The summed E-state index contributed by atoms with van der Waals surface area (Å²) < 4.78 is 0. The zero-order valence-electron chi connectivity index (χ0n) is 11.0. The van der Waals surface area contributed by atoms with Gasteiger partial charge in [0, 0.05) is 4.88 Å². The van der Waals surface area contributed by atoms with Gasteiger partial charge in [-0.1, -0.05) is 58.0 Å². The van der Waals surface area contributed by atoms with Gasteiger partial charge in [-0.25, -0.2) is 0 Å². The smallest absolute Gasteiger partial charge is 0.0152 e. The minimum Gasteiger partial charge on any atom is -0.148 e. The third kappa shape index (κ3) is 2.44. The van der Waals surface area contributed by atoms with Crippen molar-refractivity contribution in [1.29, 1.82) is 0 Å². The average molecular weight is 244 g/mol. The molecular formula is C16H20S. The van der Waals surface area contributed by atoms with Gasteiger partial charge in [0.15, 0.2) is 0 Å². The van der Waals surface area contributed by atoms with Crippen LogP contribution in [0.25, 0.3) is 11.1 Å². The Morgan fingerprint density at radius 1 is 0.882 bits per heavy atom. The van der Waals surface area contributed by atoms with Gasteiger partial charge in [0.2, 0.25) is 0 Å². The summed E-state index contributed by atoms with van der Waals surface area (Å²) in [5, 5.41) is 2.34. The number of benzene rings is 1. The van der Waals surface area contributed by atoms with Gasteiger partial charge in [-0.15, -0.1) is 11.3 Å². The second kappa shape index (κ2) is 5.05. The maximum absolute atomic E-state index is 2.34. The number of thiophene rings is 1. The lowest BCUT2D eigenvalue weighted by Crippen LogP contribution is -1.92. The zero-order chi connectivity index (χ0) is 12.4. The van der Waals surface area contributed by atoms with Crippen LogP contribution >= 0.6 is 11.3 Å². The van der Waals surface area contributed by atoms with Gasteiger partial charge in [-0.3, -0.25) is 0 Å². The molecule has 0 nitrogen and oxygen atoms in total. The summed E-state index contributed by atoms with van der Waals surface area (Å²) in [6.07, 6.45) is 0. The Labute approximate surface area is 108 Å². The molecule has 0 aliphatic rings. The molecule has 0 fully saturated rings. The molecule has 0 spiro atoms. The Morgan fingerprint density at radius 3 is 2.06 bits per heavy atom. The Hall–Kier alpha value is -1.08. The summed E-state index contributed by atoms with van der Waals surface area (Å²) in [5.41, 5.74) is 4.33. The first kappa shape index (κ1) is 12.4. The molecule has 0 saturated carbocycles. The second-order valence-corrected chi connectivity index (χ2v) is 6.02. The van der Waals surface area contributed by atoms with Crippen LogP contribution in [0.3, 0.4) is 0 Å². The van der Waals surface area contributed by atoms with Gasteiger partial charge in [-0.2, -0.15) is 0 Å². The van der Waals surface area contributed by atoms with Crippen LogP contribution in [0, 0.1) is 0 Å². The SMILES string of the molecule is CC(C)c1csc(C(C)C)c1-c1ccccc1. The summed E-state index contributed by atoms with van der Waals surface area (Å²) in [7, 11) is 0. The van der Waals surface area contributed by atoms with Crippen LogP contribution in [-0.2, 0) is 0 Å². The van der Waals surface area contributed by atoms with Crippen molar-refractivity contribution in [3.63, 3.8) is 0 Å². The summed E-state index contributed by atoms with van der Waals surface area (Å²) in [6.45, 7) is 9.11. The predicted octanol–water partition coefficient (Wildman–Crippen LogP) is 5.66. The third-order valence-electron chi connectivity index (χ3n) is 3.06. The molecule has 0 atom stereocenters. The average Bonchev–Trinajstić information content (AvgIpc) is 2.74. The maximum Gasteiger partial charge on any atom is 0.0152 e. The normalized spacial score (nSPS) is 11.4. The Kier molecular flexibility index (Phi) is 3.68. The summed E-state index contributed by atoms with van der Waals surface area (Å²) >= 11 is 1.91. The molecule has 0 saturated heterocycles. The van der Waals surface area contributed by atoms with Crippen molar-refractivity contribution in [3.8, 4) is 11.1 Å². The molecule has 90 valence electrons. The van der Waals surface area contributed by atoms with Crippen molar-refractivity contribution in [2.45, 2.75) is 39.5 Å². The van der Waals surface area contributed by atoms with Gasteiger partial charge in [0.05, 0.1) is 0 Å². The molecule has 0 aliphatic heterocycles. The Balaban J connectivity index is 2.60. The van der Waals surface area contributed by atoms with E-state index in [0.29, 0.717) is 11.8 Å². The van der Waals surface area contributed by atoms with Gasteiger partial charge in [0.25, 0.3) is 0 Å². The topological polar surface area (TPSA) is 0 Å². The zero-order valence-corrected chi connectivity index (χ0v) is 11.8. The van der Waals surface area contributed by atoms with E-state index in [1.807, 2.05) is 11.3 Å². The minimum atomic E-state index is 0.592. The summed E-state index contributed by atoms with van der Waals surface area (Å²) in [4.78, 5) is 1.51. The molecule has 1 heterocycles. The van der Waals surface area contributed by atoms with Gasteiger partial charge >= 0.3 is 0 Å². The molecule has 0 bridgehead atoms. The molecule has 0 radical (unpaired) electrons. The van der Waals surface area contributed by atoms with Crippen molar-refractivity contribution in [1.82, 2.24) is 0 Å². The van der Waals surface area contributed by atoms with E-state index in [4.69, 9.17) is 0 Å². The lowest BCUT2D eigenvalue weighted by Gasteiger charge is -2.12. The van der Waals surface area contributed by atoms with E-state index in [9.17, 15) is 0 Å². The first-order valence-electron chi connectivity index (χ1n) is 6.28. The van der Waals surface area contributed by atoms with Crippen LogP contribution in [-0.4, -0.2) is 0 Å². The molecule has 0 amide bonds. The maximum atomic E-state index is 2.34. The Bertz CT molecular complexity index is 452. The van der Waals surface area contributed by atoms with Crippen LogP contribution in [0.5, 0.6) is 0 Å². The molecule has 2 aromatic rings. The fourth-order valence-corrected chi connectivity index (χ4v) is 3.42. The van der Waals surface area contributed by atoms with E-state index in [1.54, 1.807) is 0 Å². The number of hydrogen-bond acceptors (Lipinski definition) is 1. The van der Waals surface area contributed by atoms with Crippen LogP contribution in [0.15, 0.2) is 35.7 Å². The fourth-order valence-electron chi connectivity index (χ4n) is 2.15. The van der Waals surface area contributed by atoms with Crippen molar-refractivity contribution in [3.05, 3.63) is 46.2 Å². The molecule has 1 heteroatoms. The molecule has 0 aliphatic carbocycles. The fraction of sp³-hybridized carbons (Fsp3) is 0.375. The highest BCUT2D eigenvalue weighted by Gasteiger charge is 2.17. The minimum absolute atomic E-state index is 0.592. The van der Waals surface area contributed by atoms with Crippen LogP contribution in [0.1, 0.15) is 50.0 Å². The lowest BCUT2D eigenvalue weighted by atomic mass is 9.92. The molecule has 17 heavy (non-hydrogen) atoms. The highest BCUT2D eigenvalue weighted by molar-refractivity contribution is 7.10. The van der Waals surface area contributed by atoms with Crippen molar-refractivity contribution < 1.29 is 0 Å². The van der Waals surface area contributed by atoms with E-state index in [1.165, 1.54) is 21.6 Å². The highest BCUT2D eigenvalue weighted by Crippen LogP contribution is 2.40. The summed E-state index contributed by atoms with van der Waals surface area (Å²) in [6, 6.07) is 10.8. The molecule has 1 aromatic carbocycles. The second-order valence-electron chi connectivity index (χ2n) is 5.11.